The van der Waals surface area contributed by atoms with Crippen molar-refractivity contribution < 1.29 is 19.6 Å². The van der Waals surface area contributed by atoms with Crippen LogP contribution >= 0.6 is 0 Å². The van der Waals surface area contributed by atoms with Gasteiger partial charge < -0.3 is 20.5 Å². The van der Waals surface area contributed by atoms with Gasteiger partial charge in [-0.15, -0.1) is 0 Å². The second kappa shape index (κ2) is 6.97. The summed E-state index contributed by atoms with van der Waals surface area (Å²) in [7, 11) is 1.51. The fourth-order valence-corrected chi connectivity index (χ4v) is 2.69. The van der Waals surface area contributed by atoms with Crippen molar-refractivity contribution in [3.8, 4) is 5.75 Å². The zero-order valence-corrected chi connectivity index (χ0v) is 12.2. The summed E-state index contributed by atoms with van der Waals surface area (Å²) in [5.41, 5.74) is 0.436. The standard InChI is InChI=1S/C14H19N3O5/c1-22-11-6-7-13(17(20)21)12(8-11)15-9-2-4-10(5-3-9)16-14(18)19/h6-10,15-16H,2-5H2,1H3,(H,18,19). The minimum atomic E-state index is -1.01. The molecule has 0 unspecified atom stereocenters. The second-order valence-corrected chi connectivity index (χ2v) is 5.28. The third-order valence-corrected chi connectivity index (χ3v) is 3.81. The summed E-state index contributed by atoms with van der Waals surface area (Å²) < 4.78 is 5.10. The van der Waals surface area contributed by atoms with Crippen LogP contribution in [-0.4, -0.2) is 35.3 Å². The summed E-state index contributed by atoms with van der Waals surface area (Å²) in [5.74, 6) is 0.550. The number of amides is 1. The molecule has 1 aromatic carbocycles. The minimum absolute atomic E-state index is 0.00610. The van der Waals surface area contributed by atoms with Crippen molar-refractivity contribution in [2.45, 2.75) is 37.8 Å². The molecule has 8 heteroatoms. The van der Waals surface area contributed by atoms with Crippen LogP contribution < -0.4 is 15.4 Å². The maximum Gasteiger partial charge on any atom is 0.404 e. The van der Waals surface area contributed by atoms with E-state index in [2.05, 4.69) is 10.6 Å². The summed E-state index contributed by atoms with van der Waals surface area (Å²) in [4.78, 5) is 21.3. The van der Waals surface area contributed by atoms with Crippen LogP contribution in [-0.2, 0) is 0 Å². The average Bonchev–Trinajstić information content (AvgIpc) is 2.48. The monoisotopic (exact) mass is 309 g/mol. The SMILES string of the molecule is COc1ccc([N+](=O)[O-])c(NC2CCC(NC(=O)O)CC2)c1. The largest absolute Gasteiger partial charge is 0.497 e. The summed E-state index contributed by atoms with van der Waals surface area (Å²) in [6.07, 6.45) is 1.90. The lowest BCUT2D eigenvalue weighted by atomic mass is 9.91. The van der Waals surface area contributed by atoms with Gasteiger partial charge in [-0.25, -0.2) is 4.79 Å². The predicted molar refractivity (Wildman–Crippen MR) is 80.5 cm³/mol. The number of nitrogens with zero attached hydrogens (tertiary/aromatic N) is 1. The Morgan fingerprint density at radius 1 is 1.32 bits per heavy atom. The Morgan fingerprint density at radius 2 is 1.95 bits per heavy atom. The molecule has 0 aromatic heterocycles. The summed E-state index contributed by atoms with van der Waals surface area (Å²) >= 11 is 0. The van der Waals surface area contributed by atoms with Gasteiger partial charge in [0.05, 0.1) is 12.0 Å². The third kappa shape index (κ3) is 4.00. The van der Waals surface area contributed by atoms with E-state index in [-0.39, 0.29) is 17.8 Å². The van der Waals surface area contributed by atoms with Crippen molar-refractivity contribution in [1.29, 1.82) is 0 Å². The number of benzene rings is 1. The van der Waals surface area contributed by atoms with Crippen LogP contribution in [0.2, 0.25) is 0 Å². The Balaban J connectivity index is 2.02. The van der Waals surface area contributed by atoms with Gasteiger partial charge in [-0.3, -0.25) is 10.1 Å². The fraction of sp³-hybridized carbons (Fsp3) is 0.500. The number of nitro groups is 1. The van der Waals surface area contributed by atoms with Crippen molar-refractivity contribution >= 4 is 17.5 Å². The minimum Gasteiger partial charge on any atom is -0.497 e. The van der Waals surface area contributed by atoms with Crippen molar-refractivity contribution in [1.82, 2.24) is 5.32 Å². The van der Waals surface area contributed by atoms with Crippen molar-refractivity contribution in [3.05, 3.63) is 28.3 Å². The Bertz CT molecular complexity index is 555. The number of hydrogen-bond donors (Lipinski definition) is 3. The molecule has 3 N–H and O–H groups in total. The van der Waals surface area contributed by atoms with E-state index in [1.807, 2.05) is 0 Å². The second-order valence-electron chi connectivity index (χ2n) is 5.28. The van der Waals surface area contributed by atoms with Crippen LogP contribution in [0.15, 0.2) is 18.2 Å². The van der Waals surface area contributed by atoms with Gasteiger partial charge in [0.15, 0.2) is 0 Å². The highest BCUT2D eigenvalue weighted by atomic mass is 16.6. The molecule has 0 spiro atoms. The zero-order valence-electron chi connectivity index (χ0n) is 12.2. The zero-order chi connectivity index (χ0) is 16.1. The molecule has 0 radical (unpaired) electrons. The molecule has 1 saturated carbocycles. The van der Waals surface area contributed by atoms with Gasteiger partial charge in [-0.1, -0.05) is 0 Å². The summed E-state index contributed by atoms with van der Waals surface area (Å²) in [6, 6.07) is 4.61. The maximum atomic E-state index is 11.1. The highest BCUT2D eigenvalue weighted by Gasteiger charge is 2.24. The Kier molecular flexibility index (Phi) is 5.03. The molecule has 22 heavy (non-hydrogen) atoms. The lowest BCUT2D eigenvalue weighted by Gasteiger charge is -2.29. The smallest absolute Gasteiger partial charge is 0.404 e. The van der Waals surface area contributed by atoms with Gasteiger partial charge in [0.2, 0.25) is 0 Å². The summed E-state index contributed by atoms with van der Waals surface area (Å²) in [5, 5.41) is 25.4. The average molecular weight is 309 g/mol. The fourth-order valence-electron chi connectivity index (χ4n) is 2.69. The van der Waals surface area contributed by atoms with Crippen molar-refractivity contribution in [2.24, 2.45) is 0 Å². The number of nitro benzene ring substituents is 1. The number of nitrogens with one attached hydrogen (secondary N) is 2. The molecular weight excluding hydrogens is 290 g/mol. The van der Waals surface area contributed by atoms with E-state index in [4.69, 9.17) is 9.84 Å². The number of carboxylic acid groups (broad SMARTS) is 1. The van der Waals surface area contributed by atoms with E-state index < -0.39 is 11.0 Å². The van der Waals surface area contributed by atoms with E-state index in [1.54, 1.807) is 12.1 Å². The molecule has 1 aromatic rings. The Hall–Kier alpha value is -2.51. The molecule has 120 valence electrons. The molecule has 1 aliphatic carbocycles. The first-order valence-corrected chi connectivity index (χ1v) is 7.08. The maximum absolute atomic E-state index is 11.1. The molecular formula is C14H19N3O5. The van der Waals surface area contributed by atoms with Crippen LogP contribution in [0, 0.1) is 10.1 Å². The summed E-state index contributed by atoms with van der Waals surface area (Å²) in [6.45, 7) is 0. The highest BCUT2D eigenvalue weighted by molar-refractivity contribution is 5.65. The van der Waals surface area contributed by atoms with Crippen LogP contribution in [0.5, 0.6) is 5.75 Å². The van der Waals surface area contributed by atoms with Gasteiger partial charge in [-0.2, -0.15) is 0 Å². The Labute approximate surface area is 127 Å². The number of anilines is 1. The number of carbonyl (C=O) groups is 1. The van der Waals surface area contributed by atoms with Gasteiger partial charge in [0.25, 0.3) is 5.69 Å². The van der Waals surface area contributed by atoms with E-state index in [0.717, 1.165) is 12.8 Å². The predicted octanol–water partition coefficient (Wildman–Crippen LogP) is 2.59. The molecule has 8 nitrogen and oxygen atoms in total. The van der Waals surface area contributed by atoms with Crippen molar-refractivity contribution in [3.63, 3.8) is 0 Å². The van der Waals surface area contributed by atoms with Crippen LogP contribution in [0.1, 0.15) is 25.7 Å². The van der Waals surface area contributed by atoms with Crippen molar-refractivity contribution in [2.75, 3.05) is 12.4 Å². The van der Waals surface area contributed by atoms with Gasteiger partial charge >= 0.3 is 6.09 Å². The van der Waals surface area contributed by atoms with Crippen LogP contribution in [0.3, 0.4) is 0 Å². The van der Waals surface area contributed by atoms with E-state index in [1.165, 1.54) is 13.2 Å². The number of ether oxygens (including phenoxy) is 1. The molecule has 0 heterocycles. The molecule has 2 rings (SSSR count). The highest BCUT2D eigenvalue weighted by Crippen LogP contribution is 2.31. The van der Waals surface area contributed by atoms with E-state index in [0.29, 0.717) is 24.3 Å². The molecule has 0 atom stereocenters. The van der Waals surface area contributed by atoms with Crippen LogP contribution in [0.4, 0.5) is 16.2 Å². The van der Waals surface area contributed by atoms with Crippen LogP contribution in [0.25, 0.3) is 0 Å². The number of hydrogen-bond acceptors (Lipinski definition) is 5. The topological polar surface area (TPSA) is 114 Å². The lowest BCUT2D eigenvalue weighted by molar-refractivity contribution is -0.384. The first kappa shape index (κ1) is 15.9. The quantitative estimate of drug-likeness (QED) is 0.569. The molecule has 1 amide bonds. The molecule has 1 aliphatic rings. The normalized spacial score (nSPS) is 21.0. The number of methoxy groups -OCH3 is 1. The first-order chi connectivity index (χ1) is 10.5. The third-order valence-electron chi connectivity index (χ3n) is 3.81. The van der Waals surface area contributed by atoms with Gasteiger partial charge in [0, 0.05) is 24.2 Å². The Morgan fingerprint density at radius 3 is 2.50 bits per heavy atom. The molecule has 0 bridgehead atoms. The van der Waals surface area contributed by atoms with Gasteiger partial charge in [-0.05, 0) is 31.7 Å². The van der Waals surface area contributed by atoms with Gasteiger partial charge in [0.1, 0.15) is 11.4 Å². The molecule has 0 saturated heterocycles. The lowest BCUT2D eigenvalue weighted by Crippen LogP contribution is -2.39. The molecule has 1 fully saturated rings. The van der Waals surface area contributed by atoms with E-state index in [9.17, 15) is 14.9 Å². The number of rotatable bonds is 5. The van der Waals surface area contributed by atoms with E-state index >= 15 is 0 Å². The molecule has 0 aliphatic heterocycles. The first-order valence-electron chi connectivity index (χ1n) is 7.08.